The zero-order valence-corrected chi connectivity index (χ0v) is 16.6. The van der Waals surface area contributed by atoms with Gasteiger partial charge in [-0.3, -0.25) is 9.59 Å². The van der Waals surface area contributed by atoms with Crippen molar-refractivity contribution in [3.8, 4) is 0 Å². The van der Waals surface area contributed by atoms with Gasteiger partial charge in [0.15, 0.2) is 0 Å². The largest absolute Gasteiger partial charge is 0.342 e. The Hall–Kier alpha value is -2.63. The zero-order chi connectivity index (χ0) is 21.1. The van der Waals surface area contributed by atoms with Crippen LogP contribution in [-0.4, -0.2) is 29.7 Å². The molecule has 154 valence electrons. The van der Waals surface area contributed by atoms with Gasteiger partial charge in [0, 0.05) is 37.4 Å². The van der Waals surface area contributed by atoms with Crippen LogP contribution < -0.4 is 0 Å². The minimum Gasteiger partial charge on any atom is -0.342 e. The monoisotopic (exact) mass is 403 g/mol. The Morgan fingerprint density at radius 2 is 1.72 bits per heavy atom. The number of ketones is 1. The Morgan fingerprint density at radius 3 is 2.31 bits per heavy atom. The highest BCUT2D eigenvalue weighted by atomic mass is 19.1. The molecule has 0 aliphatic carbocycles. The van der Waals surface area contributed by atoms with Crippen LogP contribution in [0.2, 0.25) is 0 Å². The molecule has 1 aliphatic rings. The van der Waals surface area contributed by atoms with Gasteiger partial charge in [-0.2, -0.15) is 0 Å². The van der Waals surface area contributed by atoms with E-state index in [1.807, 2.05) is 6.92 Å². The van der Waals surface area contributed by atoms with E-state index in [2.05, 4.69) is 0 Å². The fourth-order valence-electron chi connectivity index (χ4n) is 4.07. The number of likely N-dealkylation sites (tertiary alicyclic amines) is 1. The molecule has 2 atom stereocenters. The van der Waals surface area contributed by atoms with Gasteiger partial charge in [-0.15, -0.1) is 0 Å². The second-order valence-corrected chi connectivity index (χ2v) is 7.69. The fraction of sp³-hybridized carbons (Fsp3) is 0.391. The molecule has 0 radical (unpaired) electrons. The molecular formula is C23H24F3NO2. The molecule has 1 saturated heterocycles. The van der Waals surface area contributed by atoms with Crippen molar-refractivity contribution in [3.05, 3.63) is 70.5 Å². The van der Waals surface area contributed by atoms with Crippen LogP contribution >= 0.6 is 0 Å². The third kappa shape index (κ3) is 4.69. The molecule has 0 bridgehead atoms. The van der Waals surface area contributed by atoms with E-state index in [1.165, 1.54) is 36.4 Å². The first-order chi connectivity index (χ1) is 13.8. The third-order valence-corrected chi connectivity index (χ3v) is 5.38. The van der Waals surface area contributed by atoms with Crippen LogP contribution in [0.5, 0.6) is 0 Å². The van der Waals surface area contributed by atoms with E-state index in [1.54, 1.807) is 11.8 Å². The SMILES string of the molecule is CCCN1C[C@@H](c2c(F)cc(C)cc2F)[C@H](CC(=O)Cc2ccc(F)cc2)C1=O. The Bertz CT molecular complexity index is 888. The number of halogens is 3. The zero-order valence-electron chi connectivity index (χ0n) is 16.6. The second kappa shape index (κ2) is 8.80. The van der Waals surface area contributed by atoms with Gasteiger partial charge < -0.3 is 4.90 Å². The van der Waals surface area contributed by atoms with Crippen LogP contribution in [0.3, 0.4) is 0 Å². The molecule has 29 heavy (non-hydrogen) atoms. The van der Waals surface area contributed by atoms with Crippen molar-refractivity contribution in [2.24, 2.45) is 5.92 Å². The Balaban J connectivity index is 1.85. The summed E-state index contributed by atoms with van der Waals surface area (Å²) in [5, 5.41) is 0. The average Bonchev–Trinajstić information content (AvgIpc) is 2.93. The van der Waals surface area contributed by atoms with Gasteiger partial charge in [0.2, 0.25) is 5.91 Å². The van der Waals surface area contributed by atoms with E-state index >= 15 is 0 Å². The van der Waals surface area contributed by atoms with Crippen molar-refractivity contribution >= 4 is 11.7 Å². The maximum atomic E-state index is 14.6. The maximum Gasteiger partial charge on any atom is 0.226 e. The van der Waals surface area contributed by atoms with Crippen molar-refractivity contribution in [1.82, 2.24) is 4.90 Å². The molecule has 6 heteroatoms. The Labute approximate surface area is 168 Å². The van der Waals surface area contributed by atoms with Gasteiger partial charge >= 0.3 is 0 Å². The highest BCUT2D eigenvalue weighted by Gasteiger charge is 2.43. The van der Waals surface area contributed by atoms with Gasteiger partial charge in [0.1, 0.15) is 23.2 Å². The maximum absolute atomic E-state index is 14.6. The summed E-state index contributed by atoms with van der Waals surface area (Å²) in [6.07, 6.45) is 0.658. The summed E-state index contributed by atoms with van der Waals surface area (Å²) in [7, 11) is 0. The lowest BCUT2D eigenvalue weighted by Gasteiger charge is -2.18. The Kier molecular flexibility index (Phi) is 6.40. The first-order valence-electron chi connectivity index (χ1n) is 9.80. The van der Waals surface area contributed by atoms with Crippen LogP contribution in [0, 0.1) is 30.3 Å². The molecule has 2 aromatic rings. The number of carbonyl (C=O) groups is 2. The molecule has 2 aromatic carbocycles. The molecule has 0 spiro atoms. The predicted molar refractivity (Wildman–Crippen MR) is 104 cm³/mol. The van der Waals surface area contributed by atoms with Gasteiger partial charge in [-0.25, -0.2) is 13.2 Å². The van der Waals surface area contributed by atoms with E-state index in [0.717, 1.165) is 0 Å². The molecule has 1 heterocycles. The smallest absolute Gasteiger partial charge is 0.226 e. The molecule has 0 saturated carbocycles. The molecular weight excluding hydrogens is 379 g/mol. The number of rotatable bonds is 7. The molecule has 3 nitrogen and oxygen atoms in total. The van der Waals surface area contributed by atoms with Gasteiger partial charge in [0.25, 0.3) is 0 Å². The van der Waals surface area contributed by atoms with E-state index in [4.69, 9.17) is 0 Å². The summed E-state index contributed by atoms with van der Waals surface area (Å²) in [5.41, 5.74) is 0.973. The number of hydrogen-bond acceptors (Lipinski definition) is 2. The van der Waals surface area contributed by atoms with Gasteiger partial charge in [-0.05, 0) is 48.7 Å². The van der Waals surface area contributed by atoms with Crippen LogP contribution in [0.25, 0.3) is 0 Å². The first-order valence-corrected chi connectivity index (χ1v) is 9.80. The third-order valence-electron chi connectivity index (χ3n) is 5.38. The second-order valence-electron chi connectivity index (χ2n) is 7.69. The van der Waals surface area contributed by atoms with Crippen molar-refractivity contribution in [2.45, 2.75) is 39.0 Å². The summed E-state index contributed by atoms with van der Waals surface area (Å²) >= 11 is 0. The summed E-state index contributed by atoms with van der Waals surface area (Å²) in [5.74, 6) is -3.75. The van der Waals surface area contributed by atoms with E-state index in [-0.39, 0.29) is 36.6 Å². The molecule has 0 unspecified atom stereocenters. The predicted octanol–water partition coefficient (Wildman–Crippen LogP) is 4.57. The minimum atomic E-state index is -0.804. The van der Waals surface area contributed by atoms with Crippen molar-refractivity contribution in [3.63, 3.8) is 0 Å². The topological polar surface area (TPSA) is 37.4 Å². The molecule has 1 fully saturated rings. The molecule has 1 aliphatic heterocycles. The number of amides is 1. The normalized spacial score (nSPS) is 19.1. The fourth-order valence-corrected chi connectivity index (χ4v) is 4.07. The van der Waals surface area contributed by atoms with Gasteiger partial charge in [-0.1, -0.05) is 19.1 Å². The van der Waals surface area contributed by atoms with E-state index in [0.29, 0.717) is 24.1 Å². The lowest BCUT2D eigenvalue weighted by molar-refractivity contribution is -0.133. The summed E-state index contributed by atoms with van der Waals surface area (Å²) in [6, 6.07) is 8.08. The number of carbonyl (C=O) groups excluding carboxylic acids is 2. The van der Waals surface area contributed by atoms with Crippen LogP contribution in [-0.2, 0) is 16.0 Å². The highest BCUT2D eigenvalue weighted by Crippen LogP contribution is 2.39. The molecule has 0 N–H and O–H groups in total. The van der Waals surface area contributed by atoms with E-state index < -0.39 is 29.3 Å². The van der Waals surface area contributed by atoms with E-state index in [9.17, 15) is 22.8 Å². The molecule has 1 amide bonds. The van der Waals surface area contributed by atoms with Gasteiger partial charge in [0.05, 0.1) is 5.92 Å². The number of nitrogens with zero attached hydrogens (tertiary/aromatic N) is 1. The number of Topliss-reactive ketones (excluding diaryl/α,β-unsaturated/α-hetero) is 1. The highest BCUT2D eigenvalue weighted by molar-refractivity contribution is 5.90. The van der Waals surface area contributed by atoms with Crippen LogP contribution in [0.4, 0.5) is 13.2 Å². The number of benzene rings is 2. The van der Waals surface area contributed by atoms with Crippen molar-refractivity contribution in [1.29, 1.82) is 0 Å². The first kappa shape index (κ1) is 21.1. The number of hydrogen-bond donors (Lipinski definition) is 0. The van der Waals surface area contributed by atoms with Crippen molar-refractivity contribution < 1.29 is 22.8 Å². The number of aryl methyl sites for hydroxylation is 1. The lowest BCUT2D eigenvalue weighted by Crippen LogP contribution is -2.29. The van der Waals surface area contributed by atoms with Crippen LogP contribution in [0.1, 0.15) is 42.4 Å². The summed E-state index contributed by atoms with van der Waals surface area (Å²) in [4.78, 5) is 27.1. The Morgan fingerprint density at radius 1 is 1.10 bits per heavy atom. The van der Waals surface area contributed by atoms with Crippen molar-refractivity contribution in [2.75, 3.05) is 13.1 Å². The minimum absolute atomic E-state index is 0.0451. The molecule has 3 rings (SSSR count). The lowest BCUT2D eigenvalue weighted by atomic mass is 9.83. The van der Waals surface area contributed by atoms with Crippen LogP contribution in [0.15, 0.2) is 36.4 Å². The summed E-state index contributed by atoms with van der Waals surface area (Å²) in [6.45, 7) is 4.19. The standard InChI is InChI=1S/C23H24F3NO2/c1-3-8-27-13-19(22-20(25)9-14(2)10-21(22)26)18(23(27)29)12-17(28)11-15-4-6-16(24)7-5-15/h4-7,9-10,18-19H,3,8,11-13H2,1-2H3/t18-,19+/m0/s1. The molecule has 0 aromatic heterocycles. The average molecular weight is 403 g/mol. The summed E-state index contributed by atoms with van der Waals surface area (Å²) < 4.78 is 42.3. The quantitative estimate of drug-likeness (QED) is 0.679.